The smallest absolute Gasteiger partial charge is 0.0595 e. The van der Waals surface area contributed by atoms with Crippen molar-refractivity contribution in [1.29, 1.82) is 0 Å². The van der Waals surface area contributed by atoms with Gasteiger partial charge < -0.3 is 5.32 Å². The van der Waals surface area contributed by atoms with Crippen LogP contribution >= 0.6 is 22.6 Å². The normalized spacial score (nSPS) is 36.7. The van der Waals surface area contributed by atoms with Gasteiger partial charge in [-0.15, -0.1) is 0 Å². The summed E-state index contributed by atoms with van der Waals surface area (Å²) in [6.07, 6.45) is 5.45. The molecule has 0 aromatic rings. The molecule has 54 valence electrons. The number of nitrogens with one attached hydrogen (secondary N) is 1. The summed E-state index contributed by atoms with van der Waals surface area (Å²) in [7, 11) is 0. The second-order valence-electron chi connectivity index (χ2n) is 2.67. The quantitative estimate of drug-likeness (QED) is 0.420. The second kappa shape index (κ2) is 3.76. The molecule has 9 heavy (non-hydrogen) atoms. The van der Waals surface area contributed by atoms with Gasteiger partial charge in [0, 0.05) is 6.04 Å². The van der Waals surface area contributed by atoms with Gasteiger partial charge in [-0.25, -0.2) is 0 Å². The average molecular weight is 239 g/mol. The maximum Gasteiger partial charge on any atom is 0.0595 e. The standard InChI is InChI=1S/C7H14IN/c1-2-6-4-3-5-7(8)9-6/h6-7,9H,2-5H2,1H3. The highest BCUT2D eigenvalue weighted by Gasteiger charge is 2.15. The molecule has 0 amide bonds. The Kier molecular flexibility index (Phi) is 3.26. The SMILES string of the molecule is CCC1CCCC(I)N1. The van der Waals surface area contributed by atoms with Gasteiger partial charge in [0.05, 0.1) is 4.05 Å². The molecule has 0 radical (unpaired) electrons. The Bertz CT molecular complexity index is 85.0. The van der Waals surface area contributed by atoms with Crippen molar-refractivity contribution in [3.63, 3.8) is 0 Å². The third-order valence-electron chi connectivity index (χ3n) is 1.92. The molecule has 1 N–H and O–H groups in total. The van der Waals surface area contributed by atoms with Gasteiger partial charge in [0.15, 0.2) is 0 Å². The molecule has 1 aliphatic heterocycles. The van der Waals surface area contributed by atoms with Crippen LogP contribution in [0.25, 0.3) is 0 Å². The molecule has 1 saturated heterocycles. The van der Waals surface area contributed by atoms with Crippen LogP contribution in [0, 0.1) is 0 Å². The third kappa shape index (κ3) is 2.42. The van der Waals surface area contributed by atoms with Gasteiger partial charge in [0.25, 0.3) is 0 Å². The van der Waals surface area contributed by atoms with Crippen LogP contribution < -0.4 is 5.32 Å². The van der Waals surface area contributed by atoms with E-state index in [2.05, 4.69) is 34.8 Å². The van der Waals surface area contributed by atoms with Crippen LogP contribution in [-0.4, -0.2) is 10.1 Å². The first kappa shape index (κ1) is 7.79. The summed E-state index contributed by atoms with van der Waals surface area (Å²) in [5.74, 6) is 0. The summed E-state index contributed by atoms with van der Waals surface area (Å²) < 4.78 is 0.737. The van der Waals surface area contributed by atoms with Crippen molar-refractivity contribution in [3.8, 4) is 0 Å². The van der Waals surface area contributed by atoms with Gasteiger partial charge in [-0.1, -0.05) is 29.5 Å². The summed E-state index contributed by atoms with van der Waals surface area (Å²) in [6, 6.07) is 0.806. The van der Waals surface area contributed by atoms with Crippen LogP contribution in [0.4, 0.5) is 0 Å². The van der Waals surface area contributed by atoms with Gasteiger partial charge in [0.1, 0.15) is 0 Å². The molecule has 0 bridgehead atoms. The number of hydrogen-bond acceptors (Lipinski definition) is 1. The maximum absolute atomic E-state index is 3.55. The lowest BCUT2D eigenvalue weighted by Crippen LogP contribution is -2.38. The lowest BCUT2D eigenvalue weighted by atomic mass is 10.0. The van der Waals surface area contributed by atoms with Crippen molar-refractivity contribution in [2.75, 3.05) is 0 Å². The second-order valence-corrected chi connectivity index (χ2v) is 4.17. The predicted molar refractivity (Wildman–Crippen MR) is 48.9 cm³/mol. The van der Waals surface area contributed by atoms with Crippen molar-refractivity contribution < 1.29 is 0 Å². The van der Waals surface area contributed by atoms with E-state index in [-0.39, 0.29) is 0 Å². The Morgan fingerprint density at radius 1 is 1.56 bits per heavy atom. The van der Waals surface area contributed by atoms with Gasteiger partial charge >= 0.3 is 0 Å². The maximum atomic E-state index is 3.55. The fraction of sp³-hybridized carbons (Fsp3) is 1.00. The first-order chi connectivity index (χ1) is 4.33. The zero-order valence-corrected chi connectivity index (χ0v) is 8.02. The zero-order chi connectivity index (χ0) is 6.69. The van der Waals surface area contributed by atoms with Crippen LogP contribution in [0.1, 0.15) is 32.6 Å². The summed E-state index contributed by atoms with van der Waals surface area (Å²) >= 11 is 2.48. The van der Waals surface area contributed by atoms with Crippen LogP contribution in [-0.2, 0) is 0 Å². The molecule has 1 aliphatic rings. The van der Waals surface area contributed by atoms with E-state index >= 15 is 0 Å². The molecule has 2 heteroatoms. The zero-order valence-electron chi connectivity index (χ0n) is 5.86. The fourth-order valence-electron chi connectivity index (χ4n) is 1.29. The number of hydrogen-bond donors (Lipinski definition) is 1. The van der Waals surface area contributed by atoms with E-state index < -0.39 is 0 Å². The van der Waals surface area contributed by atoms with E-state index in [1.54, 1.807) is 0 Å². The van der Waals surface area contributed by atoms with Crippen LogP contribution in [0.15, 0.2) is 0 Å². The van der Waals surface area contributed by atoms with Crippen LogP contribution in [0.2, 0.25) is 0 Å². The van der Waals surface area contributed by atoms with Crippen molar-refractivity contribution in [1.82, 2.24) is 5.32 Å². The van der Waals surface area contributed by atoms with Crippen molar-refractivity contribution >= 4 is 22.6 Å². The van der Waals surface area contributed by atoms with Crippen LogP contribution in [0.5, 0.6) is 0 Å². The summed E-state index contributed by atoms with van der Waals surface area (Å²) in [6.45, 7) is 2.26. The molecule has 0 saturated carbocycles. The van der Waals surface area contributed by atoms with Crippen molar-refractivity contribution in [2.24, 2.45) is 0 Å². The largest absolute Gasteiger partial charge is 0.303 e. The van der Waals surface area contributed by atoms with Crippen molar-refractivity contribution in [2.45, 2.75) is 42.7 Å². The van der Waals surface area contributed by atoms with Crippen LogP contribution in [0.3, 0.4) is 0 Å². The monoisotopic (exact) mass is 239 g/mol. The molecular formula is C7H14IN. The molecule has 0 spiro atoms. The Labute approximate surface area is 70.7 Å². The van der Waals surface area contributed by atoms with Gasteiger partial charge in [-0.05, 0) is 25.7 Å². The minimum absolute atomic E-state index is 0.737. The van der Waals surface area contributed by atoms with E-state index in [0.717, 1.165) is 10.1 Å². The lowest BCUT2D eigenvalue weighted by molar-refractivity contribution is 0.382. The Morgan fingerprint density at radius 3 is 2.78 bits per heavy atom. The molecule has 1 nitrogen and oxygen atoms in total. The van der Waals surface area contributed by atoms with Gasteiger partial charge in [0.2, 0.25) is 0 Å². The molecule has 1 fully saturated rings. The minimum atomic E-state index is 0.737. The first-order valence-corrected chi connectivity index (χ1v) is 4.97. The molecule has 0 aliphatic carbocycles. The molecule has 1 rings (SSSR count). The number of rotatable bonds is 1. The van der Waals surface area contributed by atoms with Gasteiger partial charge in [-0.2, -0.15) is 0 Å². The molecule has 0 aromatic carbocycles. The highest BCUT2D eigenvalue weighted by atomic mass is 127. The van der Waals surface area contributed by atoms with E-state index in [4.69, 9.17) is 0 Å². The number of piperidine rings is 1. The molecule has 0 aromatic heterocycles. The molecule has 2 atom stereocenters. The topological polar surface area (TPSA) is 12.0 Å². The predicted octanol–water partition coefficient (Wildman–Crippen LogP) is 2.30. The molecule has 1 heterocycles. The van der Waals surface area contributed by atoms with E-state index in [1.807, 2.05) is 0 Å². The summed E-state index contributed by atoms with van der Waals surface area (Å²) in [5.41, 5.74) is 0. The summed E-state index contributed by atoms with van der Waals surface area (Å²) in [5, 5.41) is 3.55. The Balaban J connectivity index is 2.23. The molecular weight excluding hydrogens is 225 g/mol. The third-order valence-corrected chi connectivity index (χ3v) is 2.90. The number of alkyl halides is 1. The fourth-order valence-corrected chi connectivity index (χ4v) is 2.24. The minimum Gasteiger partial charge on any atom is -0.303 e. The highest BCUT2D eigenvalue weighted by molar-refractivity contribution is 14.1. The summed E-state index contributed by atoms with van der Waals surface area (Å²) in [4.78, 5) is 0. The van der Waals surface area contributed by atoms with E-state index in [1.165, 1.54) is 25.7 Å². The first-order valence-electron chi connectivity index (χ1n) is 3.73. The van der Waals surface area contributed by atoms with Crippen molar-refractivity contribution in [3.05, 3.63) is 0 Å². The Hall–Kier alpha value is 0.690. The highest BCUT2D eigenvalue weighted by Crippen LogP contribution is 2.18. The Morgan fingerprint density at radius 2 is 2.33 bits per heavy atom. The number of halogens is 1. The van der Waals surface area contributed by atoms with E-state index in [0.29, 0.717) is 0 Å². The lowest BCUT2D eigenvalue weighted by Gasteiger charge is -2.26. The van der Waals surface area contributed by atoms with Gasteiger partial charge in [-0.3, -0.25) is 0 Å². The molecule has 2 unspecified atom stereocenters. The van der Waals surface area contributed by atoms with E-state index in [9.17, 15) is 0 Å². The average Bonchev–Trinajstić information content (AvgIpc) is 1.88.